The lowest BCUT2D eigenvalue weighted by Gasteiger charge is -2.36. The summed E-state index contributed by atoms with van der Waals surface area (Å²) in [6.45, 7) is 15.0. The number of allylic oxidation sites excluding steroid dienone is 12. The van der Waals surface area contributed by atoms with E-state index in [0.29, 0.717) is 12.0 Å². The van der Waals surface area contributed by atoms with E-state index in [1.807, 2.05) is 76.3 Å². The summed E-state index contributed by atoms with van der Waals surface area (Å²) in [6, 6.07) is 0. The predicted octanol–water partition coefficient (Wildman–Crippen LogP) is 6.33. The molecule has 0 aromatic rings. The Bertz CT molecular complexity index is 917. The quantitative estimate of drug-likeness (QED) is 0.296. The van der Waals surface area contributed by atoms with Gasteiger partial charge in [0.2, 0.25) is 0 Å². The first-order valence-electron chi connectivity index (χ1n) is 10.9. The van der Waals surface area contributed by atoms with Gasteiger partial charge in [0, 0.05) is 12.8 Å². The van der Waals surface area contributed by atoms with Crippen LogP contribution in [0.4, 0.5) is 0 Å². The first-order valence-corrected chi connectivity index (χ1v) is 10.9. The SMILES string of the molecule is C=C/C=C/C=C(C)/C=C/C=C(C)/C=C/C1=C(C)C(=O)C(OC(=O)CCC(C)=O)CC1(C)C. The van der Waals surface area contributed by atoms with Crippen molar-refractivity contribution in [2.75, 3.05) is 0 Å². The molecule has 172 valence electrons. The summed E-state index contributed by atoms with van der Waals surface area (Å²) in [6.07, 6.45) is 17.3. The van der Waals surface area contributed by atoms with Crippen LogP contribution in [0.3, 0.4) is 0 Å². The zero-order valence-electron chi connectivity index (χ0n) is 20.2. The zero-order valence-corrected chi connectivity index (χ0v) is 20.2. The molecule has 0 saturated carbocycles. The van der Waals surface area contributed by atoms with Crippen LogP contribution in [0.15, 0.2) is 83.6 Å². The van der Waals surface area contributed by atoms with Gasteiger partial charge in [0.05, 0.1) is 6.42 Å². The van der Waals surface area contributed by atoms with E-state index in [-0.39, 0.29) is 29.8 Å². The molecule has 4 heteroatoms. The summed E-state index contributed by atoms with van der Waals surface area (Å²) in [7, 11) is 0. The lowest BCUT2D eigenvalue weighted by atomic mass is 9.71. The molecule has 1 atom stereocenters. The second kappa shape index (κ2) is 12.7. The Morgan fingerprint density at radius 3 is 2.28 bits per heavy atom. The molecule has 4 nitrogen and oxygen atoms in total. The standard InChI is InChI=1S/C28H36O4/c1-8-9-10-12-20(2)13-11-14-21(3)15-17-24-23(5)27(31)25(19-28(24,6)7)32-26(30)18-16-22(4)29/h8-15,17,25H,1,16,18-19H2,2-7H3/b10-9+,13-11+,17-15+,20-12+,21-14+. The number of esters is 1. The molecule has 0 bridgehead atoms. The summed E-state index contributed by atoms with van der Waals surface area (Å²) < 4.78 is 5.41. The Morgan fingerprint density at radius 1 is 1.03 bits per heavy atom. The summed E-state index contributed by atoms with van der Waals surface area (Å²) in [5.41, 5.74) is 3.40. The maximum absolute atomic E-state index is 12.8. The Balaban J connectivity index is 2.93. The number of hydrogen-bond acceptors (Lipinski definition) is 4. The highest BCUT2D eigenvalue weighted by atomic mass is 16.5. The molecule has 0 aromatic carbocycles. The number of hydrogen-bond donors (Lipinski definition) is 0. The minimum absolute atomic E-state index is 0.00573. The molecule has 1 aliphatic rings. The molecule has 0 saturated heterocycles. The van der Waals surface area contributed by atoms with Gasteiger partial charge in [0.1, 0.15) is 5.78 Å². The van der Waals surface area contributed by atoms with Crippen molar-refractivity contribution in [3.05, 3.63) is 83.6 Å². The highest BCUT2D eigenvalue weighted by Crippen LogP contribution is 2.40. The van der Waals surface area contributed by atoms with Gasteiger partial charge in [-0.25, -0.2) is 0 Å². The first kappa shape index (κ1) is 27.0. The van der Waals surface area contributed by atoms with Gasteiger partial charge in [0.15, 0.2) is 11.9 Å². The Labute approximate surface area is 192 Å². The minimum Gasteiger partial charge on any atom is -0.454 e. The fraction of sp³-hybridized carbons (Fsp3) is 0.393. The molecule has 0 radical (unpaired) electrons. The molecule has 0 amide bonds. The van der Waals surface area contributed by atoms with Crippen molar-refractivity contribution in [3.8, 4) is 0 Å². The monoisotopic (exact) mass is 436 g/mol. The molecule has 1 unspecified atom stereocenters. The number of carbonyl (C=O) groups excluding carboxylic acids is 3. The normalized spacial score (nSPS) is 19.9. The molecule has 0 fully saturated rings. The van der Waals surface area contributed by atoms with Crippen molar-refractivity contribution in [2.24, 2.45) is 5.41 Å². The zero-order chi connectivity index (χ0) is 24.3. The lowest BCUT2D eigenvalue weighted by molar-refractivity contribution is -0.156. The van der Waals surface area contributed by atoms with E-state index in [9.17, 15) is 14.4 Å². The fourth-order valence-corrected chi connectivity index (χ4v) is 3.45. The first-order chi connectivity index (χ1) is 15.0. The van der Waals surface area contributed by atoms with Gasteiger partial charge < -0.3 is 9.53 Å². The fourth-order valence-electron chi connectivity index (χ4n) is 3.45. The van der Waals surface area contributed by atoms with Gasteiger partial charge in [-0.3, -0.25) is 9.59 Å². The number of rotatable bonds is 10. The van der Waals surface area contributed by atoms with E-state index in [0.717, 1.165) is 16.7 Å². The molecule has 0 heterocycles. The molecular formula is C28H36O4. The van der Waals surface area contributed by atoms with Gasteiger partial charge in [-0.15, -0.1) is 0 Å². The second-order valence-electron chi connectivity index (χ2n) is 8.81. The third kappa shape index (κ3) is 9.01. The minimum atomic E-state index is -0.800. The summed E-state index contributed by atoms with van der Waals surface area (Å²) in [5, 5.41) is 0. The average molecular weight is 437 g/mol. The Kier molecular flexibility index (Phi) is 10.8. The van der Waals surface area contributed by atoms with E-state index in [1.54, 1.807) is 13.0 Å². The molecule has 32 heavy (non-hydrogen) atoms. The number of ketones is 2. The Hall–Kier alpha value is -3.01. The van der Waals surface area contributed by atoms with Crippen LogP contribution in [0.25, 0.3) is 0 Å². The highest BCUT2D eigenvalue weighted by Gasteiger charge is 2.39. The van der Waals surface area contributed by atoms with Crippen LogP contribution in [0.1, 0.15) is 60.8 Å². The predicted molar refractivity (Wildman–Crippen MR) is 131 cm³/mol. The average Bonchev–Trinajstić information content (AvgIpc) is 2.70. The number of ether oxygens (including phenoxy) is 1. The van der Waals surface area contributed by atoms with Crippen molar-refractivity contribution >= 4 is 17.5 Å². The van der Waals surface area contributed by atoms with Crippen LogP contribution < -0.4 is 0 Å². The summed E-state index contributed by atoms with van der Waals surface area (Å²) in [4.78, 5) is 35.9. The number of Topliss-reactive ketones (excluding diaryl/α,β-unsaturated/α-hetero) is 2. The van der Waals surface area contributed by atoms with E-state index in [4.69, 9.17) is 4.74 Å². The van der Waals surface area contributed by atoms with Crippen molar-refractivity contribution in [3.63, 3.8) is 0 Å². The van der Waals surface area contributed by atoms with Gasteiger partial charge in [-0.1, -0.05) is 86.3 Å². The van der Waals surface area contributed by atoms with E-state index in [2.05, 4.69) is 6.58 Å². The highest BCUT2D eigenvalue weighted by molar-refractivity contribution is 6.01. The molecule has 0 N–H and O–H groups in total. The van der Waals surface area contributed by atoms with Gasteiger partial charge >= 0.3 is 5.97 Å². The summed E-state index contributed by atoms with van der Waals surface area (Å²) in [5.74, 6) is -0.749. The van der Waals surface area contributed by atoms with E-state index < -0.39 is 12.1 Å². The van der Waals surface area contributed by atoms with Crippen molar-refractivity contribution in [1.82, 2.24) is 0 Å². The third-order valence-corrected chi connectivity index (χ3v) is 5.28. The third-order valence-electron chi connectivity index (χ3n) is 5.28. The van der Waals surface area contributed by atoms with Crippen LogP contribution in [0, 0.1) is 5.41 Å². The van der Waals surface area contributed by atoms with Crippen LogP contribution in [0.2, 0.25) is 0 Å². The lowest BCUT2D eigenvalue weighted by Crippen LogP contribution is -2.39. The van der Waals surface area contributed by atoms with Crippen molar-refractivity contribution in [2.45, 2.75) is 66.9 Å². The topological polar surface area (TPSA) is 60.4 Å². The summed E-state index contributed by atoms with van der Waals surface area (Å²) >= 11 is 0. The molecule has 1 aliphatic carbocycles. The molecule has 1 rings (SSSR count). The molecule has 0 spiro atoms. The van der Waals surface area contributed by atoms with Crippen LogP contribution >= 0.6 is 0 Å². The smallest absolute Gasteiger partial charge is 0.306 e. The molecular weight excluding hydrogens is 400 g/mol. The van der Waals surface area contributed by atoms with Gasteiger partial charge in [-0.05, 0) is 44.3 Å². The van der Waals surface area contributed by atoms with Crippen LogP contribution in [-0.2, 0) is 19.1 Å². The maximum atomic E-state index is 12.8. The van der Waals surface area contributed by atoms with E-state index >= 15 is 0 Å². The van der Waals surface area contributed by atoms with E-state index in [1.165, 1.54) is 6.92 Å². The van der Waals surface area contributed by atoms with Crippen LogP contribution in [-0.4, -0.2) is 23.6 Å². The molecule has 0 aromatic heterocycles. The van der Waals surface area contributed by atoms with Crippen molar-refractivity contribution < 1.29 is 19.1 Å². The largest absolute Gasteiger partial charge is 0.454 e. The van der Waals surface area contributed by atoms with Crippen LogP contribution in [0.5, 0.6) is 0 Å². The van der Waals surface area contributed by atoms with Gasteiger partial charge in [-0.2, -0.15) is 0 Å². The number of carbonyl (C=O) groups is 3. The Morgan fingerprint density at radius 2 is 1.66 bits per heavy atom. The maximum Gasteiger partial charge on any atom is 0.306 e. The second-order valence-corrected chi connectivity index (χ2v) is 8.81. The van der Waals surface area contributed by atoms with Crippen molar-refractivity contribution in [1.29, 1.82) is 0 Å². The van der Waals surface area contributed by atoms with Gasteiger partial charge in [0.25, 0.3) is 0 Å². The molecule has 0 aliphatic heterocycles.